The van der Waals surface area contributed by atoms with Gasteiger partial charge in [-0.25, -0.2) is 0 Å². The maximum Gasteiger partial charge on any atom is 0.0830 e. The summed E-state index contributed by atoms with van der Waals surface area (Å²) in [4.78, 5) is 0. The molecule has 1 heterocycles. The van der Waals surface area contributed by atoms with Crippen LogP contribution in [0.4, 0.5) is 0 Å². The molecule has 4 nitrogen and oxygen atoms in total. The number of ether oxygens (including phenoxy) is 1. The van der Waals surface area contributed by atoms with E-state index in [1.54, 1.807) is 0 Å². The minimum Gasteiger partial charge on any atom is -0.372 e. The zero-order chi connectivity index (χ0) is 9.84. The van der Waals surface area contributed by atoms with Crippen LogP contribution in [0.2, 0.25) is 0 Å². The van der Waals surface area contributed by atoms with Crippen molar-refractivity contribution in [3.05, 3.63) is 17.5 Å². The van der Waals surface area contributed by atoms with E-state index >= 15 is 0 Å². The van der Waals surface area contributed by atoms with Crippen molar-refractivity contribution >= 4 is 0 Å². The van der Waals surface area contributed by atoms with E-state index in [4.69, 9.17) is 10.5 Å². The highest BCUT2D eigenvalue weighted by Crippen LogP contribution is 2.19. The average molecular weight is 183 g/mol. The molecule has 0 bridgehead atoms. The molecule has 4 heteroatoms. The zero-order valence-corrected chi connectivity index (χ0v) is 8.45. The van der Waals surface area contributed by atoms with Gasteiger partial charge in [0.25, 0.3) is 0 Å². The summed E-state index contributed by atoms with van der Waals surface area (Å²) in [6, 6.07) is 0. The van der Waals surface area contributed by atoms with Crippen molar-refractivity contribution in [2.75, 3.05) is 13.2 Å². The molecule has 0 unspecified atom stereocenters. The lowest BCUT2D eigenvalue weighted by Crippen LogP contribution is -2.11. The van der Waals surface area contributed by atoms with Crippen molar-refractivity contribution in [1.29, 1.82) is 0 Å². The first-order valence-corrected chi connectivity index (χ1v) is 4.47. The molecule has 0 amide bonds. The molecular formula is C9H17N3O. The van der Waals surface area contributed by atoms with Crippen LogP contribution in [0.25, 0.3) is 0 Å². The van der Waals surface area contributed by atoms with Gasteiger partial charge in [-0.1, -0.05) is 0 Å². The average Bonchev–Trinajstić information content (AvgIpc) is 2.44. The van der Waals surface area contributed by atoms with Crippen molar-refractivity contribution in [2.45, 2.75) is 20.0 Å². The summed E-state index contributed by atoms with van der Waals surface area (Å²) in [6.45, 7) is 5.20. The summed E-state index contributed by atoms with van der Waals surface area (Å²) in [7, 11) is 1.93. The predicted octanol–water partition coefficient (Wildman–Crippen LogP) is 0.765. The van der Waals surface area contributed by atoms with E-state index < -0.39 is 0 Å². The fraction of sp³-hybridized carbons (Fsp3) is 0.667. The summed E-state index contributed by atoms with van der Waals surface area (Å²) in [5, 5.41) is 4.15. The van der Waals surface area contributed by atoms with Crippen LogP contribution in [0, 0.1) is 6.92 Å². The minimum atomic E-state index is 0.0808. The van der Waals surface area contributed by atoms with E-state index in [-0.39, 0.29) is 6.10 Å². The van der Waals surface area contributed by atoms with Gasteiger partial charge in [0.2, 0.25) is 0 Å². The first-order chi connectivity index (χ1) is 6.16. The minimum absolute atomic E-state index is 0.0808. The molecule has 1 aromatic rings. The summed E-state index contributed by atoms with van der Waals surface area (Å²) >= 11 is 0. The number of aromatic nitrogens is 2. The van der Waals surface area contributed by atoms with Crippen molar-refractivity contribution in [3.8, 4) is 0 Å². The van der Waals surface area contributed by atoms with Gasteiger partial charge in [-0.15, -0.1) is 0 Å². The standard InChI is InChI=1S/C9H17N3O/c1-7-9(6-11-12(7)3)8(2)13-5-4-10/h6,8H,4-5,10H2,1-3H3/t8-/m0/s1. The first-order valence-electron chi connectivity index (χ1n) is 4.47. The van der Waals surface area contributed by atoms with E-state index in [9.17, 15) is 0 Å². The highest BCUT2D eigenvalue weighted by Gasteiger charge is 2.11. The lowest BCUT2D eigenvalue weighted by Gasteiger charge is -2.11. The van der Waals surface area contributed by atoms with Crippen LogP contribution in [0.5, 0.6) is 0 Å². The largest absolute Gasteiger partial charge is 0.372 e. The van der Waals surface area contributed by atoms with Crippen LogP contribution < -0.4 is 5.73 Å². The quantitative estimate of drug-likeness (QED) is 0.750. The predicted molar refractivity (Wildman–Crippen MR) is 51.4 cm³/mol. The first kappa shape index (κ1) is 10.2. The number of rotatable bonds is 4. The van der Waals surface area contributed by atoms with Crippen LogP contribution in [0.15, 0.2) is 6.20 Å². The normalized spacial score (nSPS) is 13.2. The fourth-order valence-electron chi connectivity index (χ4n) is 1.25. The van der Waals surface area contributed by atoms with E-state index in [1.165, 1.54) is 0 Å². The third-order valence-corrected chi connectivity index (χ3v) is 2.20. The monoisotopic (exact) mass is 183 g/mol. The molecule has 13 heavy (non-hydrogen) atoms. The summed E-state index contributed by atoms with van der Waals surface area (Å²) in [5.74, 6) is 0. The fourth-order valence-corrected chi connectivity index (χ4v) is 1.25. The van der Waals surface area contributed by atoms with Gasteiger partial charge in [-0.05, 0) is 13.8 Å². The van der Waals surface area contributed by atoms with E-state index in [0.717, 1.165) is 11.3 Å². The Kier molecular flexibility index (Phi) is 3.45. The molecule has 2 N–H and O–H groups in total. The van der Waals surface area contributed by atoms with Gasteiger partial charge in [0.1, 0.15) is 0 Å². The van der Waals surface area contributed by atoms with Crippen LogP contribution in [-0.2, 0) is 11.8 Å². The van der Waals surface area contributed by atoms with Crippen molar-refractivity contribution in [2.24, 2.45) is 12.8 Å². The smallest absolute Gasteiger partial charge is 0.0830 e. The van der Waals surface area contributed by atoms with E-state index in [1.807, 2.05) is 31.8 Å². The SMILES string of the molecule is Cc1c([C@H](C)OCCN)cnn1C. The number of nitrogens with zero attached hydrogens (tertiary/aromatic N) is 2. The van der Waals surface area contributed by atoms with Crippen LogP contribution >= 0.6 is 0 Å². The number of hydrogen-bond acceptors (Lipinski definition) is 3. The van der Waals surface area contributed by atoms with Gasteiger partial charge in [-0.3, -0.25) is 4.68 Å². The van der Waals surface area contributed by atoms with Gasteiger partial charge in [0, 0.05) is 24.8 Å². The lowest BCUT2D eigenvalue weighted by atomic mass is 10.2. The Morgan fingerprint density at radius 2 is 2.38 bits per heavy atom. The topological polar surface area (TPSA) is 53.1 Å². The Balaban J connectivity index is 2.65. The van der Waals surface area contributed by atoms with Gasteiger partial charge in [-0.2, -0.15) is 5.10 Å². The molecule has 1 atom stereocenters. The molecule has 0 aliphatic rings. The molecule has 0 saturated carbocycles. The van der Waals surface area contributed by atoms with E-state index in [0.29, 0.717) is 13.2 Å². The number of aryl methyl sites for hydroxylation is 1. The highest BCUT2D eigenvalue weighted by atomic mass is 16.5. The number of hydrogen-bond donors (Lipinski definition) is 1. The highest BCUT2D eigenvalue weighted by molar-refractivity contribution is 5.18. The van der Waals surface area contributed by atoms with E-state index in [2.05, 4.69) is 5.10 Å². The van der Waals surface area contributed by atoms with Gasteiger partial charge in [0.05, 0.1) is 18.9 Å². The molecule has 74 valence electrons. The molecule has 0 aromatic carbocycles. The second-order valence-corrected chi connectivity index (χ2v) is 3.11. The van der Waals surface area contributed by atoms with Crippen LogP contribution in [0.3, 0.4) is 0 Å². The second-order valence-electron chi connectivity index (χ2n) is 3.11. The maximum atomic E-state index is 5.49. The molecule has 0 fully saturated rings. The number of nitrogens with two attached hydrogens (primary N) is 1. The Morgan fingerprint density at radius 1 is 1.69 bits per heavy atom. The molecule has 0 radical (unpaired) electrons. The van der Waals surface area contributed by atoms with Gasteiger partial charge in [0.15, 0.2) is 0 Å². The molecule has 0 saturated heterocycles. The van der Waals surface area contributed by atoms with Gasteiger partial charge < -0.3 is 10.5 Å². The van der Waals surface area contributed by atoms with Gasteiger partial charge >= 0.3 is 0 Å². The Bertz CT molecular complexity index is 270. The zero-order valence-electron chi connectivity index (χ0n) is 8.45. The third-order valence-electron chi connectivity index (χ3n) is 2.20. The second kappa shape index (κ2) is 4.39. The molecule has 0 aliphatic heterocycles. The van der Waals surface area contributed by atoms with Crippen molar-refractivity contribution in [3.63, 3.8) is 0 Å². The Morgan fingerprint density at radius 3 is 2.85 bits per heavy atom. The summed E-state index contributed by atoms with van der Waals surface area (Å²) in [6.07, 6.45) is 1.92. The maximum absolute atomic E-state index is 5.49. The van der Waals surface area contributed by atoms with Crippen LogP contribution in [-0.4, -0.2) is 22.9 Å². The Labute approximate surface area is 78.7 Å². The molecular weight excluding hydrogens is 166 g/mol. The molecule has 0 spiro atoms. The molecule has 0 aliphatic carbocycles. The summed E-state index contributed by atoms with van der Waals surface area (Å²) < 4.78 is 7.34. The van der Waals surface area contributed by atoms with Crippen molar-refractivity contribution < 1.29 is 4.74 Å². The summed E-state index contributed by atoms with van der Waals surface area (Å²) in [5.41, 5.74) is 7.63. The molecule has 1 rings (SSSR count). The van der Waals surface area contributed by atoms with Crippen LogP contribution in [0.1, 0.15) is 24.3 Å². The molecule has 1 aromatic heterocycles. The third kappa shape index (κ3) is 2.29. The van der Waals surface area contributed by atoms with Crippen molar-refractivity contribution in [1.82, 2.24) is 9.78 Å². The lowest BCUT2D eigenvalue weighted by molar-refractivity contribution is 0.0713. The Hall–Kier alpha value is -0.870.